The molecule has 0 aliphatic carbocycles. The quantitative estimate of drug-likeness (QED) is 0.305. The number of hydrogen-bond donors (Lipinski definition) is 0. The topological polar surface area (TPSA) is 12.4 Å². The molecule has 3 aromatic rings. The Balaban J connectivity index is 1.82. The van der Waals surface area contributed by atoms with Gasteiger partial charge in [-0.25, -0.2) is 0 Å². The first-order valence-corrected chi connectivity index (χ1v) is 8.70. The van der Waals surface area contributed by atoms with Crippen molar-refractivity contribution in [3.05, 3.63) is 84.4 Å². The fraction of sp³-hybridized carbons (Fsp3) is 0.0500. The van der Waals surface area contributed by atoms with E-state index >= 15 is 0 Å². The van der Waals surface area contributed by atoms with Crippen LogP contribution in [0.25, 0.3) is 11.1 Å². The van der Waals surface area contributed by atoms with Gasteiger partial charge in [0.05, 0.1) is 10.8 Å². The van der Waals surface area contributed by atoms with E-state index in [0.29, 0.717) is 0 Å². The van der Waals surface area contributed by atoms with Gasteiger partial charge in [0.15, 0.2) is 0 Å². The maximum atomic E-state index is 4.67. The summed E-state index contributed by atoms with van der Waals surface area (Å²) in [5.74, 6) is 0.913. The first kappa shape index (κ1) is 15.7. The van der Waals surface area contributed by atoms with Crippen LogP contribution in [0.4, 0.5) is 5.69 Å². The molecule has 23 heavy (non-hydrogen) atoms. The van der Waals surface area contributed by atoms with Gasteiger partial charge in [-0.3, -0.25) is 0 Å². The molecular formula is C20H15NS2. The minimum absolute atomic E-state index is 0.848. The summed E-state index contributed by atoms with van der Waals surface area (Å²) in [5, 5.41) is 2.41. The van der Waals surface area contributed by atoms with Crippen LogP contribution in [0.1, 0.15) is 5.56 Å². The van der Waals surface area contributed by atoms with Gasteiger partial charge >= 0.3 is 0 Å². The third-order valence-electron chi connectivity index (χ3n) is 3.49. The molecule has 3 heteroatoms. The van der Waals surface area contributed by atoms with E-state index in [-0.39, 0.29) is 0 Å². The van der Waals surface area contributed by atoms with Crippen LogP contribution >= 0.6 is 24.0 Å². The van der Waals surface area contributed by atoms with E-state index in [9.17, 15) is 0 Å². The maximum Gasteiger partial charge on any atom is 0.0750 e. The van der Waals surface area contributed by atoms with Crippen molar-refractivity contribution in [1.82, 2.24) is 0 Å². The van der Waals surface area contributed by atoms with E-state index in [2.05, 4.69) is 77.0 Å². The fourth-order valence-corrected chi connectivity index (χ4v) is 3.46. The second-order valence-corrected chi connectivity index (χ2v) is 6.24. The molecule has 0 saturated heterocycles. The standard InChI is InChI=1S/C20H15NS2/c22-15-21-18-10-6-11-19(13-18)23-14-17-9-4-5-12-20(17)16-7-2-1-3-8-16/h1-13H,14H2. The first-order valence-electron chi connectivity index (χ1n) is 7.31. The van der Waals surface area contributed by atoms with Crippen LogP contribution in [-0.4, -0.2) is 5.16 Å². The van der Waals surface area contributed by atoms with Crippen LogP contribution in [0, 0.1) is 0 Å². The van der Waals surface area contributed by atoms with Crippen molar-refractivity contribution < 1.29 is 0 Å². The van der Waals surface area contributed by atoms with Crippen molar-refractivity contribution in [3.8, 4) is 11.1 Å². The van der Waals surface area contributed by atoms with Crippen LogP contribution in [0.2, 0.25) is 0 Å². The van der Waals surface area contributed by atoms with Crippen molar-refractivity contribution in [2.75, 3.05) is 0 Å². The Labute approximate surface area is 146 Å². The highest BCUT2D eigenvalue weighted by Gasteiger charge is 2.05. The average molecular weight is 333 g/mol. The third kappa shape index (κ3) is 4.17. The van der Waals surface area contributed by atoms with E-state index in [1.165, 1.54) is 21.6 Å². The van der Waals surface area contributed by atoms with Crippen LogP contribution in [0.3, 0.4) is 0 Å². The van der Waals surface area contributed by atoms with Gasteiger partial charge in [-0.05, 0) is 47.1 Å². The Morgan fingerprint density at radius 1 is 0.870 bits per heavy atom. The third-order valence-corrected chi connectivity index (χ3v) is 4.62. The lowest BCUT2D eigenvalue weighted by molar-refractivity contribution is 1.37. The molecule has 0 unspecified atom stereocenters. The lowest BCUT2D eigenvalue weighted by Gasteiger charge is -2.10. The molecule has 0 amide bonds. The summed E-state index contributed by atoms with van der Waals surface area (Å²) < 4.78 is 0. The van der Waals surface area contributed by atoms with Crippen LogP contribution in [-0.2, 0) is 5.75 Å². The summed E-state index contributed by atoms with van der Waals surface area (Å²) >= 11 is 6.47. The van der Waals surface area contributed by atoms with Gasteiger partial charge < -0.3 is 0 Å². The second-order valence-electron chi connectivity index (χ2n) is 5.01. The van der Waals surface area contributed by atoms with E-state index in [4.69, 9.17) is 0 Å². The van der Waals surface area contributed by atoms with Crippen LogP contribution in [0.5, 0.6) is 0 Å². The van der Waals surface area contributed by atoms with Gasteiger partial charge in [0, 0.05) is 10.6 Å². The zero-order valence-electron chi connectivity index (χ0n) is 12.5. The van der Waals surface area contributed by atoms with Crippen LogP contribution in [0.15, 0.2) is 88.8 Å². The molecule has 0 heterocycles. The highest BCUT2D eigenvalue weighted by atomic mass is 32.2. The highest BCUT2D eigenvalue weighted by Crippen LogP contribution is 2.31. The van der Waals surface area contributed by atoms with Crippen LogP contribution < -0.4 is 0 Å². The molecule has 0 aliphatic heterocycles. The molecule has 3 rings (SSSR count). The average Bonchev–Trinajstić information content (AvgIpc) is 2.62. The number of isothiocyanates is 1. The minimum atomic E-state index is 0.848. The van der Waals surface area contributed by atoms with E-state index in [0.717, 1.165) is 11.4 Å². The Hall–Kier alpha value is -2.19. The number of benzene rings is 3. The van der Waals surface area contributed by atoms with Gasteiger partial charge in [0.1, 0.15) is 0 Å². The number of aliphatic imine (C=N–C) groups is 1. The molecule has 112 valence electrons. The summed E-state index contributed by atoms with van der Waals surface area (Å²) in [6.07, 6.45) is 0. The zero-order chi connectivity index (χ0) is 15.9. The molecule has 1 nitrogen and oxygen atoms in total. The summed E-state index contributed by atoms with van der Waals surface area (Å²) in [6.45, 7) is 0. The van der Waals surface area contributed by atoms with Gasteiger partial charge in [0.2, 0.25) is 0 Å². The molecule has 0 radical (unpaired) electrons. The molecule has 0 bridgehead atoms. The van der Waals surface area contributed by atoms with Gasteiger partial charge in [0.25, 0.3) is 0 Å². The summed E-state index contributed by atoms with van der Waals surface area (Å²) in [4.78, 5) is 5.22. The second kappa shape index (κ2) is 7.89. The normalized spacial score (nSPS) is 10.1. The summed E-state index contributed by atoms with van der Waals surface area (Å²) in [6, 6.07) is 27.1. The minimum Gasteiger partial charge on any atom is -0.195 e. The number of rotatable bonds is 5. The van der Waals surface area contributed by atoms with Crippen molar-refractivity contribution in [1.29, 1.82) is 0 Å². The monoisotopic (exact) mass is 333 g/mol. The van der Waals surface area contributed by atoms with E-state index < -0.39 is 0 Å². The number of thioether (sulfide) groups is 1. The Morgan fingerprint density at radius 3 is 2.48 bits per heavy atom. The summed E-state index contributed by atoms with van der Waals surface area (Å²) in [7, 11) is 0. The molecule has 0 aromatic heterocycles. The van der Waals surface area contributed by atoms with Gasteiger partial charge in [-0.2, -0.15) is 4.99 Å². The van der Waals surface area contributed by atoms with Crippen molar-refractivity contribution in [2.45, 2.75) is 10.6 Å². The fourth-order valence-electron chi connectivity index (χ4n) is 2.40. The SMILES string of the molecule is S=C=Nc1cccc(SCc2ccccc2-c2ccccc2)c1. The number of nitrogens with zero attached hydrogens (tertiary/aromatic N) is 1. The molecule has 3 aromatic carbocycles. The Kier molecular flexibility index (Phi) is 5.38. The molecule has 0 fully saturated rings. The molecule has 0 spiro atoms. The predicted octanol–water partition coefficient (Wildman–Crippen LogP) is 6.38. The van der Waals surface area contributed by atoms with Crippen molar-refractivity contribution >= 4 is 34.8 Å². The maximum absolute atomic E-state index is 4.67. The smallest absolute Gasteiger partial charge is 0.0750 e. The number of thiocarbonyl (C=S) groups is 1. The zero-order valence-corrected chi connectivity index (χ0v) is 14.1. The van der Waals surface area contributed by atoms with Crippen molar-refractivity contribution in [3.63, 3.8) is 0 Å². The predicted molar refractivity (Wildman–Crippen MR) is 103 cm³/mol. The number of hydrogen-bond acceptors (Lipinski definition) is 3. The molecule has 0 saturated carbocycles. The lowest BCUT2D eigenvalue weighted by atomic mass is 10.0. The van der Waals surface area contributed by atoms with Crippen molar-refractivity contribution in [2.24, 2.45) is 4.99 Å². The van der Waals surface area contributed by atoms with Gasteiger partial charge in [-0.1, -0.05) is 60.7 Å². The Morgan fingerprint density at radius 2 is 1.65 bits per heavy atom. The van der Waals surface area contributed by atoms with E-state index in [1.54, 1.807) is 11.8 Å². The highest BCUT2D eigenvalue weighted by molar-refractivity contribution is 7.98. The molecule has 0 atom stereocenters. The first-order chi connectivity index (χ1) is 11.4. The van der Waals surface area contributed by atoms with Gasteiger partial charge in [-0.15, -0.1) is 11.8 Å². The molecule has 0 aliphatic rings. The lowest BCUT2D eigenvalue weighted by Crippen LogP contribution is -1.87. The molecular weight excluding hydrogens is 318 g/mol. The molecule has 0 N–H and O–H groups in total. The Bertz CT molecular complexity index is 837. The largest absolute Gasteiger partial charge is 0.195 e. The van der Waals surface area contributed by atoms with E-state index in [1.807, 2.05) is 24.3 Å². The summed E-state index contributed by atoms with van der Waals surface area (Å²) in [5.41, 5.74) is 4.71.